The lowest BCUT2D eigenvalue weighted by molar-refractivity contribution is 0.191. The number of benzene rings is 2. The highest BCUT2D eigenvalue weighted by Crippen LogP contribution is 2.20. The van der Waals surface area contributed by atoms with Crippen LogP contribution in [0.15, 0.2) is 53.3 Å². The average molecular weight is 364 g/mol. The fraction of sp³-hybridized carbons (Fsp3) is 0.333. The zero-order valence-corrected chi connectivity index (χ0v) is 15.8. The van der Waals surface area contributed by atoms with Crippen molar-refractivity contribution in [1.82, 2.24) is 14.7 Å². The van der Waals surface area contributed by atoms with Crippen LogP contribution >= 0.6 is 0 Å². The first-order valence-electron chi connectivity index (χ1n) is 9.23. The summed E-state index contributed by atoms with van der Waals surface area (Å²) in [6.45, 7) is 6.13. The number of anilines is 1. The van der Waals surface area contributed by atoms with Crippen molar-refractivity contribution >= 4 is 16.5 Å². The van der Waals surface area contributed by atoms with Crippen molar-refractivity contribution in [3.8, 4) is 5.75 Å². The van der Waals surface area contributed by atoms with Crippen LogP contribution in [0.1, 0.15) is 5.69 Å². The highest BCUT2D eigenvalue weighted by atomic mass is 16.5. The number of hydrogen-bond donors (Lipinski definition) is 0. The molecule has 1 aliphatic rings. The van der Waals surface area contributed by atoms with Gasteiger partial charge in [0.15, 0.2) is 0 Å². The quantitative estimate of drug-likeness (QED) is 0.712. The van der Waals surface area contributed by atoms with Crippen LogP contribution in [-0.4, -0.2) is 48.0 Å². The van der Waals surface area contributed by atoms with Gasteiger partial charge in [0.1, 0.15) is 5.75 Å². The van der Waals surface area contributed by atoms with Crippen LogP contribution < -0.4 is 15.2 Å². The summed E-state index contributed by atoms with van der Waals surface area (Å²) in [6, 6.07) is 15.8. The molecule has 6 heteroatoms. The summed E-state index contributed by atoms with van der Waals surface area (Å²) >= 11 is 0. The molecule has 0 aliphatic carbocycles. The van der Waals surface area contributed by atoms with Gasteiger partial charge in [-0.25, -0.2) is 4.68 Å². The molecule has 2 aromatic carbocycles. The lowest BCUT2D eigenvalue weighted by Gasteiger charge is -2.36. The second kappa shape index (κ2) is 7.40. The molecule has 0 bridgehead atoms. The van der Waals surface area contributed by atoms with E-state index in [1.54, 1.807) is 11.8 Å². The minimum atomic E-state index is -0.0196. The molecule has 0 atom stereocenters. The molecule has 0 spiro atoms. The SMILES string of the molecule is COc1ccc(N2CCN(Cn3nc(C)c4ccccc4c3=O)CC2)cc1. The van der Waals surface area contributed by atoms with Crippen LogP contribution in [-0.2, 0) is 6.67 Å². The van der Waals surface area contributed by atoms with Crippen LogP contribution in [0.25, 0.3) is 10.8 Å². The van der Waals surface area contributed by atoms with Gasteiger partial charge in [-0.15, -0.1) is 0 Å². The van der Waals surface area contributed by atoms with Crippen molar-refractivity contribution in [3.63, 3.8) is 0 Å². The molecular weight excluding hydrogens is 340 g/mol. The van der Waals surface area contributed by atoms with Crippen LogP contribution in [0.3, 0.4) is 0 Å². The summed E-state index contributed by atoms with van der Waals surface area (Å²) in [4.78, 5) is 17.4. The second-order valence-corrected chi connectivity index (χ2v) is 6.88. The van der Waals surface area contributed by atoms with Gasteiger partial charge in [0.25, 0.3) is 5.56 Å². The van der Waals surface area contributed by atoms with Gasteiger partial charge in [-0.2, -0.15) is 5.10 Å². The minimum absolute atomic E-state index is 0.0196. The Bertz CT molecular complexity index is 989. The zero-order valence-electron chi connectivity index (χ0n) is 15.8. The van der Waals surface area contributed by atoms with Gasteiger partial charge >= 0.3 is 0 Å². The molecule has 0 amide bonds. The van der Waals surface area contributed by atoms with Crippen LogP contribution in [0.4, 0.5) is 5.69 Å². The summed E-state index contributed by atoms with van der Waals surface area (Å²) < 4.78 is 6.82. The van der Waals surface area contributed by atoms with E-state index in [0.29, 0.717) is 6.67 Å². The van der Waals surface area contributed by atoms with Crippen molar-refractivity contribution in [2.24, 2.45) is 0 Å². The molecule has 4 rings (SSSR count). The van der Waals surface area contributed by atoms with Gasteiger partial charge in [-0.1, -0.05) is 18.2 Å². The third-order valence-corrected chi connectivity index (χ3v) is 5.20. The lowest BCUT2D eigenvalue weighted by atomic mass is 10.1. The van der Waals surface area contributed by atoms with E-state index in [1.165, 1.54) is 5.69 Å². The fourth-order valence-corrected chi connectivity index (χ4v) is 3.63. The molecule has 0 unspecified atom stereocenters. The number of rotatable bonds is 4. The summed E-state index contributed by atoms with van der Waals surface area (Å²) in [5.41, 5.74) is 2.07. The van der Waals surface area contributed by atoms with E-state index in [9.17, 15) is 4.79 Å². The Balaban J connectivity index is 1.45. The van der Waals surface area contributed by atoms with Gasteiger partial charge < -0.3 is 9.64 Å². The molecule has 1 aliphatic heterocycles. The van der Waals surface area contributed by atoms with Crippen LogP contribution in [0.2, 0.25) is 0 Å². The van der Waals surface area contributed by atoms with Gasteiger partial charge in [0.2, 0.25) is 0 Å². The lowest BCUT2D eigenvalue weighted by Crippen LogP contribution is -2.48. The Kier molecular flexibility index (Phi) is 4.81. The van der Waals surface area contributed by atoms with E-state index in [2.05, 4.69) is 27.0 Å². The number of ether oxygens (including phenoxy) is 1. The molecule has 1 fully saturated rings. The molecule has 1 saturated heterocycles. The topological polar surface area (TPSA) is 50.6 Å². The van der Waals surface area contributed by atoms with E-state index in [1.807, 2.05) is 43.3 Å². The van der Waals surface area contributed by atoms with Crippen molar-refractivity contribution < 1.29 is 4.74 Å². The van der Waals surface area contributed by atoms with E-state index in [0.717, 1.165) is 48.4 Å². The summed E-state index contributed by atoms with van der Waals surface area (Å²) in [6.07, 6.45) is 0. The van der Waals surface area contributed by atoms with Crippen molar-refractivity contribution in [2.45, 2.75) is 13.6 Å². The highest BCUT2D eigenvalue weighted by Gasteiger charge is 2.19. The van der Waals surface area contributed by atoms with Crippen molar-refractivity contribution in [3.05, 3.63) is 64.6 Å². The predicted molar refractivity (Wildman–Crippen MR) is 108 cm³/mol. The Labute approximate surface area is 158 Å². The van der Waals surface area contributed by atoms with Crippen LogP contribution in [0.5, 0.6) is 5.75 Å². The molecule has 1 aromatic heterocycles. The monoisotopic (exact) mass is 364 g/mol. The molecular formula is C21H24N4O2. The first kappa shape index (κ1) is 17.5. The number of aryl methyl sites for hydroxylation is 1. The van der Waals surface area contributed by atoms with E-state index < -0.39 is 0 Å². The maximum absolute atomic E-state index is 12.8. The van der Waals surface area contributed by atoms with E-state index >= 15 is 0 Å². The number of piperazine rings is 1. The Hall–Kier alpha value is -2.86. The van der Waals surface area contributed by atoms with Gasteiger partial charge in [-0.3, -0.25) is 9.69 Å². The summed E-state index contributed by atoms with van der Waals surface area (Å²) in [5, 5.41) is 6.20. The summed E-state index contributed by atoms with van der Waals surface area (Å²) in [7, 11) is 1.68. The van der Waals surface area contributed by atoms with E-state index in [4.69, 9.17) is 4.74 Å². The fourth-order valence-electron chi connectivity index (χ4n) is 3.63. The van der Waals surface area contributed by atoms with Gasteiger partial charge in [0.05, 0.1) is 24.9 Å². The minimum Gasteiger partial charge on any atom is -0.497 e. The maximum Gasteiger partial charge on any atom is 0.275 e. The number of fused-ring (bicyclic) bond motifs is 1. The van der Waals surface area contributed by atoms with Crippen molar-refractivity contribution in [1.29, 1.82) is 0 Å². The molecule has 0 saturated carbocycles. The van der Waals surface area contributed by atoms with Crippen molar-refractivity contribution in [2.75, 3.05) is 38.2 Å². The normalized spacial score (nSPS) is 15.3. The molecule has 2 heterocycles. The molecule has 0 N–H and O–H groups in total. The molecule has 6 nitrogen and oxygen atoms in total. The van der Waals surface area contributed by atoms with E-state index in [-0.39, 0.29) is 5.56 Å². The molecule has 140 valence electrons. The zero-order chi connectivity index (χ0) is 18.8. The average Bonchev–Trinajstić information content (AvgIpc) is 2.72. The first-order chi connectivity index (χ1) is 13.2. The number of aromatic nitrogens is 2. The predicted octanol–water partition coefficient (Wildman–Crippen LogP) is 2.49. The molecule has 3 aromatic rings. The smallest absolute Gasteiger partial charge is 0.275 e. The van der Waals surface area contributed by atoms with Gasteiger partial charge in [-0.05, 0) is 37.3 Å². The third kappa shape index (κ3) is 3.53. The summed E-state index contributed by atoms with van der Waals surface area (Å²) in [5.74, 6) is 0.870. The highest BCUT2D eigenvalue weighted by molar-refractivity contribution is 5.83. The molecule has 0 radical (unpaired) electrons. The van der Waals surface area contributed by atoms with Gasteiger partial charge in [0, 0.05) is 37.3 Å². The first-order valence-corrected chi connectivity index (χ1v) is 9.23. The Morgan fingerprint density at radius 3 is 2.30 bits per heavy atom. The molecule has 27 heavy (non-hydrogen) atoms. The standard InChI is InChI=1S/C21H24N4O2/c1-16-19-5-3-4-6-20(19)21(26)25(22-16)15-23-11-13-24(14-12-23)17-7-9-18(27-2)10-8-17/h3-10H,11-15H2,1-2H3. The maximum atomic E-state index is 12.8. The number of nitrogens with zero attached hydrogens (tertiary/aromatic N) is 4. The Morgan fingerprint density at radius 1 is 0.963 bits per heavy atom. The largest absolute Gasteiger partial charge is 0.497 e. The second-order valence-electron chi connectivity index (χ2n) is 6.88. The Morgan fingerprint density at radius 2 is 1.63 bits per heavy atom. The van der Waals surface area contributed by atoms with Crippen LogP contribution in [0, 0.1) is 6.92 Å². The number of methoxy groups -OCH3 is 1. The third-order valence-electron chi connectivity index (χ3n) is 5.20. The number of hydrogen-bond acceptors (Lipinski definition) is 5.